The number of phenolic OH excluding ortho intramolecular Hbond substituents is 1. The lowest BCUT2D eigenvalue weighted by atomic mass is 10.2. The molecule has 0 heterocycles. The summed E-state index contributed by atoms with van der Waals surface area (Å²) in [4.78, 5) is 14.3. The molecule has 0 bridgehead atoms. The van der Waals surface area contributed by atoms with Crippen LogP contribution in [0.4, 0.5) is 11.4 Å². The van der Waals surface area contributed by atoms with E-state index in [-0.39, 0.29) is 17.1 Å². The van der Waals surface area contributed by atoms with Crippen LogP contribution in [0.3, 0.4) is 0 Å². The van der Waals surface area contributed by atoms with Gasteiger partial charge in [-0.05, 0) is 35.7 Å². The van der Waals surface area contributed by atoms with Crippen molar-refractivity contribution in [3.8, 4) is 17.2 Å². The Balaban J connectivity index is 2.19. The molecule has 0 spiro atoms. The van der Waals surface area contributed by atoms with Crippen LogP contribution in [0.15, 0.2) is 41.4 Å². The van der Waals surface area contributed by atoms with E-state index in [4.69, 9.17) is 9.47 Å². The van der Waals surface area contributed by atoms with Crippen LogP contribution < -0.4 is 9.47 Å². The quantitative estimate of drug-likeness (QED) is 0.464. The minimum absolute atomic E-state index is 0.190. The molecule has 0 aromatic heterocycles. The molecule has 25 heavy (non-hydrogen) atoms. The summed E-state index contributed by atoms with van der Waals surface area (Å²) in [5.41, 5.74) is 0.793. The van der Waals surface area contributed by atoms with Crippen molar-refractivity contribution in [1.82, 2.24) is 0 Å². The highest BCUT2D eigenvalue weighted by molar-refractivity contribution is 5.84. The van der Waals surface area contributed by atoms with Crippen molar-refractivity contribution in [3.05, 3.63) is 52.1 Å². The van der Waals surface area contributed by atoms with Gasteiger partial charge in [0.2, 0.25) is 0 Å². The van der Waals surface area contributed by atoms with Crippen molar-refractivity contribution in [3.63, 3.8) is 0 Å². The van der Waals surface area contributed by atoms with Crippen molar-refractivity contribution in [1.29, 1.82) is 0 Å². The molecule has 0 aliphatic carbocycles. The first kappa shape index (κ1) is 18.3. The number of hydrogen-bond donors (Lipinski definition) is 1. The van der Waals surface area contributed by atoms with E-state index < -0.39 is 4.92 Å². The summed E-state index contributed by atoms with van der Waals surface area (Å²) in [6, 6.07) is 9.11. The number of nitro groups is 1. The van der Waals surface area contributed by atoms with E-state index in [1.54, 1.807) is 19.2 Å². The molecule has 2 rings (SSSR count). The number of hydrogen-bond acceptors (Lipinski definition) is 6. The maximum Gasteiger partial charge on any atom is 0.273 e. The van der Waals surface area contributed by atoms with Crippen LogP contribution in [0.5, 0.6) is 17.2 Å². The third kappa shape index (κ3) is 4.94. The largest absolute Gasteiger partial charge is 0.505 e. The highest BCUT2D eigenvalue weighted by Gasteiger charge is 2.09. The zero-order chi connectivity index (χ0) is 18.4. The van der Waals surface area contributed by atoms with Crippen molar-refractivity contribution in [2.24, 2.45) is 10.9 Å². The van der Waals surface area contributed by atoms with Crippen molar-refractivity contribution < 1.29 is 19.5 Å². The van der Waals surface area contributed by atoms with E-state index >= 15 is 0 Å². The molecule has 0 saturated heterocycles. The fourth-order valence-electron chi connectivity index (χ4n) is 2.02. The molecule has 0 unspecified atom stereocenters. The molecule has 1 N–H and O–H groups in total. The third-order valence-corrected chi connectivity index (χ3v) is 3.28. The van der Waals surface area contributed by atoms with Crippen LogP contribution in [0.2, 0.25) is 0 Å². The smallest absolute Gasteiger partial charge is 0.273 e. The molecule has 0 atom stereocenters. The molecule has 2 aromatic carbocycles. The Morgan fingerprint density at radius 1 is 1.24 bits per heavy atom. The standard InChI is InChI=1S/C18H20N2O5/c1-12(2)11-25-17-7-4-13(8-18(17)24-3)10-19-15-6-5-14(20(22)23)9-16(15)21/h4-10,12,21H,11H2,1-3H3. The number of aromatic hydroxyl groups is 1. The zero-order valence-corrected chi connectivity index (χ0v) is 14.3. The van der Waals surface area contributed by atoms with Crippen molar-refractivity contribution in [2.75, 3.05) is 13.7 Å². The van der Waals surface area contributed by atoms with E-state index in [0.29, 0.717) is 24.0 Å². The Kier molecular flexibility index (Phi) is 5.94. The summed E-state index contributed by atoms with van der Waals surface area (Å²) in [6.45, 7) is 4.70. The first-order chi connectivity index (χ1) is 11.9. The van der Waals surface area contributed by atoms with E-state index in [1.807, 2.05) is 6.07 Å². The fraction of sp³-hybridized carbons (Fsp3) is 0.278. The number of non-ortho nitro benzene ring substituents is 1. The van der Waals surface area contributed by atoms with Gasteiger partial charge in [0.15, 0.2) is 11.5 Å². The molecule has 7 nitrogen and oxygen atoms in total. The Morgan fingerprint density at radius 2 is 2.00 bits per heavy atom. The molecule has 0 fully saturated rings. The molecule has 0 aliphatic heterocycles. The monoisotopic (exact) mass is 344 g/mol. The lowest BCUT2D eigenvalue weighted by molar-refractivity contribution is -0.384. The highest BCUT2D eigenvalue weighted by atomic mass is 16.6. The average molecular weight is 344 g/mol. The van der Waals surface area contributed by atoms with Crippen LogP contribution in [0.1, 0.15) is 19.4 Å². The zero-order valence-electron chi connectivity index (χ0n) is 14.3. The Hall–Kier alpha value is -3.09. The number of aliphatic imine (C=N–C) groups is 1. The number of ether oxygens (including phenoxy) is 2. The second-order valence-electron chi connectivity index (χ2n) is 5.80. The first-order valence-electron chi connectivity index (χ1n) is 7.73. The normalized spacial score (nSPS) is 11.0. The van der Waals surface area contributed by atoms with Crippen LogP contribution in [-0.2, 0) is 0 Å². The number of nitrogens with zero attached hydrogens (tertiary/aromatic N) is 2. The van der Waals surface area contributed by atoms with Gasteiger partial charge in [-0.15, -0.1) is 0 Å². The summed E-state index contributed by atoms with van der Waals surface area (Å²) >= 11 is 0. The lowest BCUT2D eigenvalue weighted by Crippen LogP contribution is -2.05. The highest BCUT2D eigenvalue weighted by Crippen LogP contribution is 2.31. The van der Waals surface area contributed by atoms with Gasteiger partial charge in [0.05, 0.1) is 24.7 Å². The Morgan fingerprint density at radius 3 is 2.60 bits per heavy atom. The molecular formula is C18H20N2O5. The predicted molar refractivity (Wildman–Crippen MR) is 95.3 cm³/mol. The molecule has 7 heteroatoms. The maximum absolute atomic E-state index is 10.7. The van der Waals surface area contributed by atoms with Crippen LogP contribution >= 0.6 is 0 Å². The van der Waals surface area contributed by atoms with Gasteiger partial charge in [0.25, 0.3) is 5.69 Å². The van der Waals surface area contributed by atoms with E-state index in [2.05, 4.69) is 18.8 Å². The Bertz CT molecular complexity index is 787. The summed E-state index contributed by atoms with van der Waals surface area (Å²) in [7, 11) is 1.56. The molecular weight excluding hydrogens is 324 g/mol. The molecule has 0 aliphatic rings. The van der Waals surface area contributed by atoms with E-state index in [1.165, 1.54) is 18.3 Å². The van der Waals surface area contributed by atoms with Gasteiger partial charge in [0.1, 0.15) is 11.4 Å². The van der Waals surface area contributed by atoms with Gasteiger partial charge in [-0.3, -0.25) is 15.1 Å². The van der Waals surface area contributed by atoms with Crippen LogP contribution in [-0.4, -0.2) is 30.0 Å². The van der Waals surface area contributed by atoms with Crippen molar-refractivity contribution in [2.45, 2.75) is 13.8 Å². The molecule has 0 saturated carbocycles. The summed E-state index contributed by atoms with van der Waals surface area (Å²) < 4.78 is 11.0. The van der Waals surface area contributed by atoms with Crippen molar-refractivity contribution >= 4 is 17.6 Å². The van der Waals surface area contributed by atoms with Gasteiger partial charge in [-0.1, -0.05) is 13.8 Å². The minimum Gasteiger partial charge on any atom is -0.505 e. The van der Waals surface area contributed by atoms with Gasteiger partial charge in [-0.25, -0.2) is 0 Å². The fourth-order valence-corrected chi connectivity index (χ4v) is 2.02. The van der Waals surface area contributed by atoms with Crippen LogP contribution in [0, 0.1) is 16.0 Å². The van der Waals surface area contributed by atoms with Gasteiger partial charge in [-0.2, -0.15) is 0 Å². The molecule has 2 aromatic rings. The SMILES string of the molecule is COc1cc(C=Nc2ccc([N+](=O)[O-])cc2O)ccc1OCC(C)C. The first-order valence-corrected chi connectivity index (χ1v) is 7.73. The van der Waals surface area contributed by atoms with Gasteiger partial charge >= 0.3 is 0 Å². The van der Waals surface area contributed by atoms with E-state index in [0.717, 1.165) is 11.6 Å². The Labute approximate surface area is 145 Å². The summed E-state index contributed by atoms with van der Waals surface area (Å²) in [5.74, 6) is 1.37. The number of phenols is 1. The lowest BCUT2D eigenvalue weighted by Gasteiger charge is -2.12. The minimum atomic E-state index is -0.575. The number of nitro benzene ring substituents is 1. The summed E-state index contributed by atoms with van der Waals surface area (Å²) in [5, 5.41) is 20.5. The molecule has 0 amide bonds. The molecule has 0 radical (unpaired) electrons. The number of methoxy groups -OCH3 is 1. The predicted octanol–water partition coefficient (Wildman–Crippen LogP) is 4.09. The second-order valence-corrected chi connectivity index (χ2v) is 5.80. The summed E-state index contributed by atoms with van der Waals surface area (Å²) in [6.07, 6.45) is 1.54. The number of benzene rings is 2. The van der Waals surface area contributed by atoms with Gasteiger partial charge in [0, 0.05) is 12.3 Å². The van der Waals surface area contributed by atoms with Crippen LogP contribution in [0.25, 0.3) is 0 Å². The third-order valence-electron chi connectivity index (χ3n) is 3.28. The average Bonchev–Trinajstić information content (AvgIpc) is 2.58. The topological polar surface area (TPSA) is 94.2 Å². The molecule has 132 valence electrons. The second kappa shape index (κ2) is 8.14. The van der Waals surface area contributed by atoms with E-state index in [9.17, 15) is 15.2 Å². The number of rotatable bonds is 7. The van der Waals surface area contributed by atoms with Gasteiger partial charge < -0.3 is 14.6 Å². The maximum atomic E-state index is 10.7.